The summed E-state index contributed by atoms with van der Waals surface area (Å²) in [7, 11) is 0. The fraction of sp³-hybridized carbons (Fsp3) is 0.143. The molecule has 1 aliphatic rings. The summed E-state index contributed by atoms with van der Waals surface area (Å²) in [5.41, 5.74) is -0.749. The summed E-state index contributed by atoms with van der Waals surface area (Å²) in [6.45, 7) is 1.87. The van der Waals surface area contributed by atoms with Gasteiger partial charge in [-0.15, -0.1) is 11.8 Å². The number of H-pyrrole nitrogens is 1. The summed E-state index contributed by atoms with van der Waals surface area (Å²) in [4.78, 5) is 36.3. The van der Waals surface area contributed by atoms with Crippen LogP contribution in [-0.4, -0.2) is 32.7 Å². The molecule has 1 N–H and O–H groups in total. The largest absolute Gasteiger partial charge is 0.283 e. The third-order valence-corrected chi connectivity index (χ3v) is 4.28. The van der Waals surface area contributed by atoms with Crippen LogP contribution in [0, 0.1) is 21.4 Å². The number of amides is 2. The fourth-order valence-electron chi connectivity index (χ4n) is 2.44. The molecule has 0 unspecified atom stereocenters. The van der Waals surface area contributed by atoms with Gasteiger partial charge in [0.2, 0.25) is 0 Å². The summed E-state index contributed by atoms with van der Waals surface area (Å²) < 4.78 is 0. The Labute approximate surface area is 139 Å². The van der Waals surface area contributed by atoms with E-state index in [1.165, 1.54) is 23.9 Å². The Balaban J connectivity index is 2.15. The SMILES string of the molecule is CCSc1n[nH]c(N2C(=O)c3cccc([N+](=O)[O-])c3C2=O)c1C#N. The first kappa shape index (κ1) is 15.7. The van der Waals surface area contributed by atoms with Crippen LogP contribution in [0.1, 0.15) is 33.2 Å². The molecule has 9 nitrogen and oxygen atoms in total. The highest BCUT2D eigenvalue weighted by Gasteiger charge is 2.43. The Morgan fingerprint density at radius 1 is 1.42 bits per heavy atom. The number of aromatic nitrogens is 2. The second-order valence-corrected chi connectivity index (χ2v) is 5.95. The summed E-state index contributed by atoms with van der Waals surface area (Å²) in [5.74, 6) is -1.01. The minimum Gasteiger partial charge on any atom is -0.268 e. The van der Waals surface area contributed by atoms with Gasteiger partial charge in [0.1, 0.15) is 22.2 Å². The molecule has 3 rings (SSSR count). The monoisotopic (exact) mass is 343 g/mol. The molecular formula is C14H9N5O4S. The molecule has 0 fully saturated rings. The average molecular weight is 343 g/mol. The number of carbonyl (C=O) groups is 2. The maximum absolute atomic E-state index is 12.6. The van der Waals surface area contributed by atoms with Crippen LogP contribution >= 0.6 is 11.8 Å². The van der Waals surface area contributed by atoms with E-state index in [9.17, 15) is 25.0 Å². The Morgan fingerprint density at radius 2 is 2.17 bits per heavy atom. The molecule has 0 spiro atoms. The van der Waals surface area contributed by atoms with Crippen LogP contribution in [0.5, 0.6) is 0 Å². The summed E-state index contributed by atoms with van der Waals surface area (Å²) >= 11 is 1.28. The van der Waals surface area contributed by atoms with Crippen LogP contribution in [0.2, 0.25) is 0 Å². The van der Waals surface area contributed by atoms with Gasteiger partial charge >= 0.3 is 0 Å². The lowest BCUT2D eigenvalue weighted by Crippen LogP contribution is -2.30. The molecule has 0 aliphatic carbocycles. The second kappa shape index (κ2) is 5.78. The average Bonchev–Trinajstić information content (AvgIpc) is 3.07. The summed E-state index contributed by atoms with van der Waals surface area (Å²) in [5, 5.41) is 27.3. The maximum Gasteiger partial charge on any atom is 0.283 e. The number of nitriles is 1. The van der Waals surface area contributed by atoms with Crippen LogP contribution in [0.4, 0.5) is 11.5 Å². The highest BCUT2D eigenvalue weighted by atomic mass is 32.2. The van der Waals surface area contributed by atoms with Gasteiger partial charge in [-0.1, -0.05) is 13.0 Å². The lowest BCUT2D eigenvalue weighted by Gasteiger charge is -2.11. The second-order valence-electron chi connectivity index (χ2n) is 4.70. The molecule has 24 heavy (non-hydrogen) atoms. The van der Waals surface area contributed by atoms with E-state index < -0.39 is 22.4 Å². The molecule has 0 saturated carbocycles. The molecule has 0 saturated heterocycles. The summed E-state index contributed by atoms with van der Waals surface area (Å²) in [6, 6.07) is 5.75. The number of rotatable bonds is 4. The van der Waals surface area contributed by atoms with Crippen molar-refractivity contribution in [1.82, 2.24) is 10.2 Å². The number of benzene rings is 1. The van der Waals surface area contributed by atoms with Crippen molar-refractivity contribution in [1.29, 1.82) is 5.26 Å². The number of hydrogen-bond donors (Lipinski definition) is 1. The smallest absolute Gasteiger partial charge is 0.268 e. The topological polar surface area (TPSA) is 133 Å². The quantitative estimate of drug-likeness (QED) is 0.389. The van der Waals surface area contributed by atoms with E-state index >= 15 is 0 Å². The number of aromatic amines is 1. The molecule has 2 heterocycles. The van der Waals surface area contributed by atoms with Gasteiger partial charge in [-0.25, -0.2) is 4.90 Å². The zero-order valence-electron chi connectivity index (χ0n) is 12.3. The zero-order valence-corrected chi connectivity index (χ0v) is 13.1. The van der Waals surface area contributed by atoms with Crippen LogP contribution < -0.4 is 4.90 Å². The van der Waals surface area contributed by atoms with Crippen molar-refractivity contribution < 1.29 is 14.5 Å². The van der Waals surface area contributed by atoms with Gasteiger partial charge in [-0.2, -0.15) is 10.4 Å². The van der Waals surface area contributed by atoms with Crippen molar-refractivity contribution in [2.24, 2.45) is 0 Å². The molecular weight excluding hydrogens is 334 g/mol. The van der Waals surface area contributed by atoms with E-state index in [0.717, 1.165) is 11.0 Å². The maximum atomic E-state index is 12.6. The minimum atomic E-state index is -0.851. The number of nitrogens with zero attached hydrogens (tertiary/aromatic N) is 4. The molecule has 0 bridgehead atoms. The highest BCUT2D eigenvalue weighted by Crippen LogP contribution is 2.36. The molecule has 1 aliphatic heterocycles. The Bertz CT molecular complexity index is 930. The van der Waals surface area contributed by atoms with Gasteiger partial charge in [0.25, 0.3) is 17.5 Å². The molecule has 1 aromatic carbocycles. The van der Waals surface area contributed by atoms with Crippen LogP contribution in [0.15, 0.2) is 23.2 Å². The van der Waals surface area contributed by atoms with Gasteiger partial charge < -0.3 is 0 Å². The first-order valence-corrected chi connectivity index (χ1v) is 7.77. The Kier molecular flexibility index (Phi) is 3.78. The lowest BCUT2D eigenvalue weighted by atomic mass is 10.1. The van der Waals surface area contributed by atoms with E-state index in [0.29, 0.717) is 10.8 Å². The van der Waals surface area contributed by atoms with Crippen molar-refractivity contribution >= 4 is 35.1 Å². The van der Waals surface area contributed by atoms with Crippen LogP contribution in [0.25, 0.3) is 0 Å². The van der Waals surface area contributed by atoms with Crippen molar-refractivity contribution in [2.75, 3.05) is 10.7 Å². The number of imide groups is 1. The summed E-state index contributed by atoms with van der Waals surface area (Å²) in [6.07, 6.45) is 0. The van der Waals surface area contributed by atoms with Crippen molar-refractivity contribution in [3.05, 3.63) is 45.0 Å². The normalized spacial score (nSPS) is 13.1. The predicted molar refractivity (Wildman–Crippen MR) is 83.9 cm³/mol. The number of carbonyl (C=O) groups excluding carboxylic acids is 2. The number of fused-ring (bicyclic) bond motifs is 1. The number of thioether (sulfide) groups is 1. The van der Waals surface area contributed by atoms with Crippen LogP contribution in [0.3, 0.4) is 0 Å². The number of nitro benzene ring substituents is 1. The van der Waals surface area contributed by atoms with Gasteiger partial charge in [0, 0.05) is 6.07 Å². The van der Waals surface area contributed by atoms with Gasteiger partial charge in [0.05, 0.1) is 10.5 Å². The van der Waals surface area contributed by atoms with Crippen molar-refractivity contribution in [3.63, 3.8) is 0 Å². The fourth-order valence-corrected chi connectivity index (χ4v) is 3.11. The first-order chi connectivity index (χ1) is 11.5. The first-order valence-electron chi connectivity index (χ1n) is 6.78. The van der Waals surface area contributed by atoms with Crippen molar-refractivity contribution in [2.45, 2.75) is 11.9 Å². The molecule has 0 atom stereocenters. The van der Waals surface area contributed by atoms with E-state index in [4.69, 9.17) is 0 Å². The van der Waals surface area contributed by atoms with Gasteiger partial charge in [0.15, 0.2) is 5.82 Å². The molecule has 2 aromatic rings. The van der Waals surface area contributed by atoms with E-state index in [1.807, 2.05) is 13.0 Å². The standard InChI is InChI=1S/C14H9N5O4S/c1-2-24-12-8(6-15)11(16-17-12)18-13(20)7-4-3-5-9(19(22)23)10(7)14(18)21/h3-5H,2H2,1H3,(H,16,17). The predicted octanol–water partition coefficient (Wildman–Crippen LogP) is 2.10. The third kappa shape index (κ3) is 2.14. The number of anilines is 1. The molecule has 120 valence electrons. The third-order valence-electron chi connectivity index (χ3n) is 3.42. The molecule has 10 heteroatoms. The van der Waals surface area contributed by atoms with Crippen molar-refractivity contribution in [3.8, 4) is 6.07 Å². The number of nitro groups is 1. The van der Waals surface area contributed by atoms with Gasteiger partial charge in [-0.3, -0.25) is 24.8 Å². The Morgan fingerprint density at radius 3 is 2.79 bits per heavy atom. The molecule has 1 aromatic heterocycles. The van der Waals surface area contributed by atoms with E-state index in [2.05, 4.69) is 10.2 Å². The number of hydrogen-bond acceptors (Lipinski definition) is 7. The molecule has 0 radical (unpaired) electrons. The highest BCUT2D eigenvalue weighted by molar-refractivity contribution is 7.99. The Hall–Kier alpha value is -3.19. The lowest BCUT2D eigenvalue weighted by molar-refractivity contribution is -0.385. The minimum absolute atomic E-state index is 0.0546. The van der Waals surface area contributed by atoms with E-state index in [-0.39, 0.29) is 22.5 Å². The molecule has 2 amide bonds. The van der Waals surface area contributed by atoms with Gasteiger partial charge in [-0.05, 0) is 11.8 Å². The van der Waals surface area contributed by atoms with Crippen LogP contribution in [-0.2, 0) is 0 Å². The zero-order chi connectivity index (χ0) is 17.4. The van der Waals surface area contributed by atoms with E-state index in [1.54, 1.807) is 0 Å². The number of nitrogens with one attached hydrogen (secondary N) is 1.